The molecule has 0 aliphatic carbocycles. The SMILES string of the molecule is COc1cc(Br)c(CN=C(N)NCCCN2CCOCC2)cc1OC.I. The Morgan fingerprint density at radius 2 is 1.92 bits per heavy atom. The summed E-state index contributed by atoms with van der Waals surface area (Å²) in [6.45, 7) is 6.00. The van der Waals surface area contributed by atoms with Crippen LogP contribution in [0.15, 0.2) is 21.6 Å². The molecule has 0 saturated carbocycles. The predicted molar refractivity (Wildman–Crippen MR) is 118 cm³/mol. The molecule has 0 bridgehead atoms. The second kappa shape index (κ2) is 12.6. The van der Waals surface area contributed by atoms with Crippen molar-refractivity contribution in [1.29, 1.82) is 0 Å². The summed E-state index contributed by atoms with van der Waals surface area (Å²) < 4.78 is 16.8. The van der Waals surface area contributed by atoms with Crippen LogP contribution in [0.25, 0.3) is 0 Å². The van der Waals surface area contributed by atoms with Crippen molar-refractivity contribution in [3.05, 3.63) is 22.2 Å². The molecule has 148 valence electrons. The third-order valence-electron chi connectivity index (χ3n) is 4.03. The van der Waals surface area contributed by atoms with Crippen molar-refractivity contribution in [2.24, 2.45) is 10.7 Å². The van der Waals surface area contributed by atoms with Crippen molar-refractivity contribution >= 4 is 45.9 Å². The van der Waals surface area contributed by atoms with Gasteiger partial charge in [0.25, 0.3) is 0 Å². The van der Waals surface area contributed by atoms with E-state index in [0.717, 1.165) is 55.8 Å². The van der Waals surface area contributed by atoms with Gasteiger partial charge in [-0.05, 0) is 30.7 Å². The predicted octanol–water partition coefficient (Wildman–Crippen LogP) is 2.21. The second-order valence-corrected chi connectivity index (χ2v) is 6.59. The third-order valence-corrected chi connectivity index (χ3v) is 4.77. The number of hydrogen-bond donors (Lipinski definition) is 2. The Labute approximate surface area is 180 Å². The number of methoxy groups -OCH3 is 2. The molecule has 0 aromatic heterocycles. The van der Waals surface area contributed by atoms with E-state index in [1.165, 1.54) is 0 Å². The first-order valence-corrected chi connectivity index (χ1v) is 9.17. The highest BCUT2D eigenvalue weighted by atomic mass is 127. The van der Waals surface area contributed by atoms with E-state index < -0.39 is 0 Å². The highest BCUT2D eigenvalue weighted by Gasteiger charge is 2.10. The summed E-state index contributed by atoms with van der Waals surface area (Å²) in [5.41, 5.74) is 6.93. The molecule has 3 N–H and O–H groups in total. The van der Waals surface area contributed by atoms with Crippen LogP contribution in [0.4, 0.5) is 0 Å². The van der Waals surface area contributed by atoms with Gasteiger partial charge in [-0.2, -0.15) is 0 Å². The summed E-state index contributed by atoms with van der Waals surface area (Å²) in [7, 11) is 3.23. The van der Waals surface area contributed by atoms with Crippen LogP contribution in [0, 0.1) is 0 Å². The zero-order chi connectivity index (χ0) is 18.1. The number of halogens is 2. The number of aliphatic imine (C=N–C) groups is 1. The summed E-state index contributed by atoms with van der Waals surface area (Å²) in [5, 5.41) is 3.16. The van der Waals surface area contributed by atoms with Gasteiger partial charge >= 0.3 is 0 Å². The number of benzene rings is 1. The minimum absolute atomic E-state index is 0. The summed E-state index contributed by atoms with van der Waals surface area (Å²) in [4.78, 5) is 6.80. The van der Waals surface area contributed by atoms with Gasteiger partial charge in [-0.25, -0.2) is 4.99 Å². The van der Waals surface area contributed by atoms with E-state index in [1.54, 1.807) is 14.2 Å². The lowest BCUT2D eigenvalue weighted by Gasteiger charge is -2.26. The van der Waals surface area contributed by atoms with Crippen LogP contribution in [-0.4, -0.2) is 64.5 Å². The number of morpholine rings is 1. The Morgan fingerprint density at radius 1 is 1.27 bits per heavy atom. The Morgan fingerprint density at radius 3 is 2.58 bits per heavy atom. The van der Waals surface area contributed by atoms with E-state index in [-0.39, 0.29) is 24.0 Å². The van der Waals surface area contributed by atoms with Crippen molar-refractivity contribution in [2.45, 2.75) is 13.0 Å². The molecule has 0 atom stereocenters. The maximum atomic E-state index is 5.95. The Kier molecular flexibility index (Phi) is 11.3. The zero-order valence-corrected chi connectivity index (χ0v) is 19.2. The summed E-state index contributed by atoms with van der Waals surface area (Å²) in [6, 6.07) is 3.77. The largest absolute Gasteiger partial charge is 0.493 e. The smallest absolute Gasteiger partial charge is 0.188 e. The van der Waals surface area contributed by atoms with Crippen LogP contribution in [0.1, 0.15) is 12.0 Å². The molecule has 1 aliphatic rings. The number of rotatable bonds is 8. The number of hydrogen-bond acceptors (Lipinski definition) is 5. The van der Waals surface area contributed by atoms with Crippen molar-refractivity contribution in [3.63, 3.8) is 0 Å². The van der Waals surface area contributed by atoms with Gasteiger partial charge < -0.3 is 25.3 Å². The minimum Gasteiger partial charge on any atom is -0.493 e. The van der Waals surface area contributed by atoms with Gasteiger partial charge in [0.1, 0.15) is 0 Å². The van der Waals surface area contributed by atoms with Crippen molar-refractivity contribution in [1.82, 2.24) is 10.2 Å². The molecule has 1 saturated heterocycles. The van der Waals surface area contributed by atoms with Gasteiger partial charge in [0.2, 0.25) is 0 Å². The van der Waals surface area contributed by atoms with Gasteiger partial charge in [-0.15, -0.1) is 24.0 Å². The highest BCUT2D eigenvalue weighted by molar-refractivity contribution is 14.0. The van der Waals surface area contributed by atoms with Gasteiger partial charge in [0.15, 0.2) is 17.5 Å². The van der Waals surface area contributed by atoms with Crippen molar-refractivity contribution in [3.8, 4) is 11.5 Å². The fourth-order valence-corrected chi connectivity index (χ4v) is 3.04. The molecule has 9 heteroatoms. The van der Waals surface area contributed by atoms with E-state index in [9.17, 15) is 0 Å². The van der Waals surface area contributed by atoms with Crippen LogP contribution >= 0.6 is 39.9 Å². The maximum Gasteiger partial charge on any atom is 0.188 e. The molecule has 1 heterocycles. The van der Waals surface area contributed by atoms with Crippen molar-refractivity contribution < 1.29 is 14.2 Å². The third kappa shape index (κ3) is 7.45. The van der Waals surface area contributed by atoms with Crippen LogP contribution in [0.2, 0.25) is 0 Å². The minimum atomic E-state index is 0. The highest BCUT2D eigenvalue weighted by Crippen LogP contribution is 2.33. The molecule has 0 radical (unpaired) electrons. The molecular formula is C17H28BrIN4O3. The van der Waals surface area contributed by atoms with E-state index in [4.69, 9.17) is 19.9 Å². The molecule has 0 spiro atoms. The lowest BCUT2D eigenvalue weighted by atomic mass is 10.2. The summed E-state index contributed by atoms with van der Waals surface area (Å²) in [6.07, 6.45) is 1.02. The molecule has 1 fully saturated rings. The quantitative estimate of drug-likeness (QED) is 0.227. The van der Waals surface area contributed by atoms with Gasteiger partial charge in [0, 0.05) is 24.1 Å². The van der Waals surface area contributed by atoms with E-state index >= 15 is 0 Å². The first-order chi connectivity index (χ1) is 12.1. The average molecular weight is 543 g/mol. The summed E-state index contributed by atoms with van der Waals surface area (Å²) in [5.74, 6) is 1.80. The van der Waals surface area contributed by atoms with Crippen LogP contribution in [-0.2, 0) is 11.3 Å². The molecule has 2 rings (SSSR count). The van der Waals surface area contributed by atoms with Crippen LogP contribution in [0.5, 0.6) is 11.5 Å². The number of ether oxygens (including phenoxy) is 3. The Bertz CT molecular complexity index is 583. The van der Waals surface area contributed by atoms with E-state index in [0.29, 0.717) is 24.0 Å². The van der Waals surface area contributed by atoms with E-state index in [1.807, 2.05) is 12.1 Å². The van der Waals surface area contributed by atoms with Gasteiger partial charge in [-0.1, -0.05) is 15.9 Å². The molecule has 1 aromatic rings. The lowest BCUT2D eigenvalue weighted by molar-refractivity contribution is 0.0376. The molecule has 26 heavy (non-hydrogen) atoms. The molecule has 0 amide bonds. The van der Waals surface area contributed by atoms with Crippen LogP contribution in [0.3, 0.4) is 0 Å². The molecule has 0 unspecified atom stereocenters. The zero-order valence-electron chi connectivity index (χ0n) is 15.3. The Balaban J connectivity index is 0.00000338. The average Bonchev–Trinajstić information content (AvgIpc) is 2.64. The summed E-state index contributed by atoms with van der Waals surface area (Å²) >= 11 is 3.53. The van der Waals surface area contributed by atoms with Crippen molar-refractivity contribution in [2.75, 3.05) is 53.6 Å². The number of nitrogens with zero attached hydrogens (tertiary/aromatic N) is 2. The number of nitrogens with one attached hydrogen (secondary N) is 1. The number of nitrogens with two attached hydrogens (primary N) is 1. The van der Waals surface area contributed by atoms with E-state index in [2.05, 4.69) is 31.1 Å². The maximum absolute atomic E-state index is 5.95. The van der Waals surface area contributed by atoms with Gasteiger partial charge in [-0.3, -0.25) is 4.90 Å². The number of guanidine groups is 1. The van der Waals surface area contributed by atoms with Gasteiger partial charge in [0.05, 0.1) is 34.0 Å². The standard InChI is InChI=1S/C17H27BrN4O3.HI/c1-23-15-10-13(14(18)11-16(15)24-2)12-21-17(19)20-4-3-5-22-6-8-25-9-7-22;/h10-11H,3-9,12H2,1-2H3,(H3,19,20,21);1H. The molecule has 1 aliphatic heterocycles. The first kappa shape index (κ1) is 23.3. The fraction of sp³-hybridized carbons (Fsp3) is 0.588. The Hall–Kier alpha value is -0.780. The normalized spacial score (nSPS) is 15.3. The second-order valence-electron chi connectivity index (χ2n) is 5.73. The fourth-order valence-electron chi connectivity index (χ4n) is 2.59. The molecular weight excluding hydrogens is 515 g/mol. The lowest BCUT2D eigenvalue weighted by Crippen LogP contribution is -2.39. The molecule has 7 nitrogen and oxygen atoms in total. The monoisotopic (exact) mass is 542 g/mol. The first-order valence-electron chi connectivity index (χ1n) is 8.38. The molecule has 1 aromatic carbocycles. The topological polar surface area (TPSA) is 81.3 Å². The van der Waals surface area contributed by atoms with Crippen LogP contribution < -0.4 is 20.5 Å².